The molecule has 0 fully saturated rings. The van der Waals surface area contributed by atoms with Crippen molar-refractivity contribution in [2.75, 3.05) is 18.6 Å². The predicted molar refractivity (Wildman–Crippen MR) is 86.3 cm³/mol. The van der Waals surface area contributed by atoms with Gasteiger partial charge in [-0.3, -0.25) is 4.79 Å². The van der Waals surface area contributed by atoms with Gasteiger partial charge in [0.05, 0.1) is 19.2 Å². The second-order valence-corrected chi connectivity index (χ2v) is 5.61. The second kappa shape index (κ2) is 7.22. The number of carbonyl (C=O) groups excluding carboxylic acids is 1. The predicted octanol–water partition coefficient (Wildman–Crippen LogP) is 3.72. The van der Waals surface area contributed by atoms with Gasteiger partial charge in [-0.2, -0.15) is 0 Å². The van der Waals surface area contributed by atoms with Crippen LogP contribution in [0.4, 0.5) is 10.8 Å². The van der Waals surface area contributed by atoms with E-state index in [1.165, 1.54) is 12.7 Å². The number of esters is 1. The summed E-state index contributed by atoms with van der Waals surface area (Å²) in [4.78, 5) is 18.0. The maximum Gasteiger partial charge on any atom is 0.305 e. The molecule has 4 nitrogen and oxygen atoms in total. The first-order valence-corrected chi connectivity index (χ1v) is 7.87. The number of thiazole rings is 1. The van der Waals surface area contributed by atoms with Gasteiger partial charge in [0.25, 0.3) is 0 Å². The van der Waals surface area contributed by atoms with E-state index in [9.17, 15) is 4.79 Å². The molecule has 1 aromatic heterocycles. The Kier molecular flexibility index (Phi) is 5.33. The van der Waals surface area contributed by atoms with E-state index < -0.39 is 0 Å². The Morgan fingerprint density at radius 3 is 2.67 bits per heavy atom. The Labute approximate surface area is 129 Å². The monoisotopic (exact) mass is 304 g/mol. The molecule has 0 aliphatic carbocycles. The van der Waals surface area contributed by atoms with Gasteiger partial charge >= 0.3 is 5.97 Å². The molecule has 5 heteroatoms. The van der Waals surface area contributed by atoms with Crippen LogP contribution in [-0.4, -0.2) is 24.6 Å². The van der Waals surface area contributed by atoms with Crippen LogP contribution in [0.1, 0.15) is 24.6 Å². The highest BCUT2D eigenvalue weighted by molar-refractivity contribution is 7.13. The highest BCUT2D eigenvalue weighted by Crippen LogP contribution is 2.28. The topological polar surface area (TPSA) is 42.4 Å². The van der Waals surface area contributed by atoms with E-state index in [0.717, 1.165) is 23.1 Å². The summed E-state index contributed by atoms with van der Waals surface area (Å²) >= 11 is 1.60. The first kappa shape index (κ1) is 15.5. The molecule has 2 aromatic rings. The lowest BCUT2D eigenvalue weighted by Crippen LogP contribution is -2.15. The van der Waals surface area contributed by atoms with Gasteiger partial charge in [-0.15, -0.1) is 11.3 Å². The molecule has 0 atom stereocenters. The Bertz CT molecular complexity index is 593. The highest BCUT2D eigenvalue weighted by atomic mass is 32.1. The number of hydrogen-bond donors (Lipinski definition) is 0. The lowest BCUT2D eigenvalue weighted by molar-refractivity contribution is -0.140. The van der Waals surface area contributed by atoms with Crippen LogP contribution in [0.2, 0.25) is 0 Å². The molecule has 0 amide bonds. The van der Waals surface area contributed by atoms with E-state index in [1.807, 2.05) is 5.38 Å². The highest BCUT2D eigenvalue weighted by Gasteiger charge is 2.12. The zero-order valence-electron chi connectivity index (χ0n) is 12.6. The van der Waals surface area contributed by atoms with Crippen molar-refractivity contribution in [3.05, 3.63) is 40.9 Å². The van der Waals surface area contributed by atoms with Gasteiger partial charge in [0, 0.05) is 24.0 Å². The fraction of sp³-hybridized carbons (Fsp3) is 0.375. The zero-order valence-corrected chi connectivity index (χ0v) is 13.4. The van der Waals surface area contributed by atoms with Crippen molar-refractivity contribution in [1.82, 2.24) is 4.98 Å². The van der Waals surface area contributed by atoms with Gasteiger partial charge in [-0.05, 0) is 26.0 Å². The number of anilines is 2. The first-order valence-electron chi connectivity index (χ1n) is 6.99. The molecule has 1 aromatic carbocycles. The van der Waals surface area contributed by atoms with Crippen molar-refractivity contribution in [1.29, 1.82) is 0 Å². The summed E-state index contributed by atoms with van der Waals surface area (Å²) in [6.07, 6.45) is 0.991. The molecular weight excluding hydrogens is 284 g/mol. The average Bonchev–Trinajstić information content (AvgIpc) is 2.96. The molecular formula is C16H20N2O2S. The second-order valence-electron chi connectivity index (χ2n) is 4.78. The fourth-order valence-corrected chi connectivity index (χ4v) is 2.96. The third-order valence-electron chi connectivity index (χ3n) is 3.25. The minimum absolute atomic E-state index is 0.199. The molecule has 0 unspecified atom stereocenters. The zero-order chi connectivity index (χ0) is 15.2. The van der Waals surface area contributed by atoms with E-state index in [4.69, 9.17) is 0 Å². The van der Waals surface area contributed by atoms with Gasteiger partial charge in [-0.1, -0.05) is 17.7 Å². The molecule has 0 radical (unpaired) electrons. The largest absolute Gasteiger partial charge is 0.469 e. The number of rotatable bonds is 6. The van der Waals surface area contributed by atoms with Crippen molar-refractivity contribution < 1.29 is 9.53 Å². The molecule has 0 aliphatic rings. The van der Waals surface area contributed by atoms with Crippen LogP contribution < -0.4 is 4.90 Å². The van der Waals surface area contributed by atoms with Gasteiger partial charge in [-0.25, -0.2) is 4.98 Å². The molecule has 1 heterocycles. The summed E-state index contributed by atoms with van der Waals surface area (Å²) in [6.45, 7) is 5.04. The van der Waals surface area contributed by atoms with Crippen molar-refractivity contribution in [3.8, 4) is 0 Å². The lowest BCUT2D eigenvalue weighted by Gasteiger charge is -2.20. The molecule has 0 saturated heterocycles. The van der Waals surface area contributed by atoms with E-state index in [0.29, 0.717) is 12.8 Å². The van der Waals surface area contributed by atoms with Crippen LogP contribution in [0, 0.1) is 6.92 Å². The van der Waals surface area contributed by atoms with Gasteiger partial charge in [0.2, 0.25) is 0 Å². The van der Waals surface area contributed by atoms with Gasteiger partial charge in [0.1, 0.15) is 0 Å². The van der Waals surface area contributed by atoms with Crippen molar-refractivity contribution >= 4 is 28.1 Å². The Balaban J connectivity index is 2.10. The molecule has 0 spiro atoms. The summed E-state index contributed by atoms with van der Waals surface area (Å²) < 4.78 is 4.65. The Morgan fingerprint density at radius 1 is 1.33 bits per heavy atom. The number of hydrogen-bond acceptors (Lipinski definition) is 5. The number of carbonyl (C=O) groups is 1. The first-order chi connectivity index (χ1) is 10.1. The minimum atomic E-state index is -0.199. The minimum Gasteiger partial charge on any atom is -0.469 e. The SMILES string of the molecule is CCN(c1ccc(C)cc1)c1nc(CCC(=O)OC)cs1. The van der Waals surface area contributed by atoms with E-state index in [-0.39, 0.29) is 5.97 Å². The average molecular weight is 304 g/mol. The van der Waals surface area contributed by atoms with Crippen molar-refractivity contribution in [2.45, 2.75) is 26.7 Å². The molecule has 0 saturated carbocycles. The van der Waals surface area contributed by atoms with Crippen LogP contribution >= 0.6 is 11.3 Å². The maximum absolute atomic E-state index is 11.2. The summed E-state index contributed by atoms with van der Waals surface area (Å²) in [5.41, 5.74) is 3.32. The van der Waals surface area contributed by atoms with Crippen LogP contribution in [-0.2, 0) is 16.0 Å². The van der Waals surface area contributed by atoms with Crippen LogP contribution in [0.5, 0.6) is 0 Å². The summed E-state index contributed by atoms with van der Waals surface area (Å²) in [7, 11) is 1.41. The van der Waals surface area contributed by atoms with Crippen LogP contribution in [0.15, 0.2) is 29.6 Å². The number of aromatic nitrogens is 1. The van der Waals surface area contributed by atoms with E-state index in [2.05, 4.69) is 52.7 Å². The Morgan fingerprint density at radius 2 is 2.05 bits per heavy atom. The van der Waals surface area contributed by atoms with Crippen LogP contribution in [0.3, 0.4) is 0 Å². The third kappa shape index (κ3) is 4.04. The third-order valence-corrected chi connectivity index (χ3v) is 4.16. The molecule has 21 heavy (non-hydrogen) atoms. The smallest absolute Gasteiger partial charge is 0.305 e. The quantitative estimate of drug-likeness (QED) is 0.763. The summed E-state index contributed by atoms with van der Waals surface area (Å²) in [6, 6.07) is 8.41. The molecule has 2 rings (SSSR count). The number of nitrogens with zero attached hydrogens (tertiary/aromatic N) is 2. The van der Waals surface area contributed by atoms with Crippen molar-refractivity contribution in [2.24, 2.45) is 0 Å². The fourth-order valence-electron chi connectivity index (χ4n) is 2.02. The Hall–Kier alpha value is -1.88. The number of methoxy groups -OCH3 is 1. The van der Waals surface area contributed by atoms with Gasteiger partial charge in [0.15, 0.2) is 5.13 Å². The maximum atomic E-state index is 11.2. The molecule has 0 bridgehead atoms. The number of benzene rings is 1. The van der Waals surface area contributed by atoms with Gasteiger partial charge < -0.3 is 9.64 Å². The standard InChI is InChI=1S/C16H20N2O2S/c1-4-18(14-8-5-12(2)6-9-14)16-17-13(11-21-16)7-10-15(19)20-3/h5-6,8-9,11H,4,7,10H2,1-3H3. The van der Waals surface area contributed by atoms with E-state index in [1.54, 1.807) is 11.3 Å². The molecule has 0 aliphatic heterocycles. The van der Waals surface area contributed by atoms with Crippen LogP contribution in [0.25, 0.3) is 0 Å². The summed E-state index contributed by atoms with van der Waals surface area (Å²) in [5.74, 6) is -0.199. The lowest BCUT2D eigenvalue weighted by atomic mass is 10.2. The molecule has 112 valence electrons. The number of aryl methyl sites for hydroxylation is 2. The van der Waals surface area contributed by atoms with Crippen molar-refractivity contribution in [3.63, 3.8) is 0 Å². The number of ether oxygens (including phenoxy) is 1. The molecule has 0 N–H and O–H groups in total. The summed E-state index contributed by atoms with van der Waals surface area (Å²) in [5, 5.41) is 2.97. The normalized spacial score (nSPS) is 10.4. The van der Waals surface area contributed by atoms with E-state index >= 15 is 0 Å².